The molecule has 152 valence electrons. The van der Waals surface area contributed by atoms with Gasteiger partial charge in [0, 0.05) is 54.8 Å². The lowest BCUT2D eigenvalue weighted by molar-refractivity contribution is 0.628. The first-order valence-electron chi connectivity index (χ1n) is 9.95. The van der Waals surface area contributed by atoms with E-state index in [2.05, 4.69) is 32.9 Å². The molecule has 2 aromatic carbocycles. The maximum absolute atomic E-state index is 13.3. The minimum atomic E-state index is -0.252. The lowest BCUT2D eigenvalue weighted by Crippen LogP contribution is -2.47. The molecule has 0 bridgehead atoms. The largest absolute Gasteiger partial charge is 0.368 e. The zero-order valence-corrected chi connectivity index (χ0v) is 17.3. The fraction of sp³-hybridized carbons (Fsp3) is 0.217. The third kappa shape index (κ3) is 3.48. The number of fused-ring (bicyclic) bond motifs is 1. The first-order chi connectivity index (χ1) is 14.6. The third-order valence-electron chi connectivity index (χ3n) is 5.60. The van der Waals surface area contributed by atoms with E-state index in [1.165, 1.54) is 23.4 Å². The van der Waals surface area contributed by atoms with Gasteiger partial charge in [0.2, 0.25) is 0 Å². The van der Waals surface area contributed by atoms with E-state index >= 15 is 0 Å². The maximum atomic E-state index is 13.3. The highest BCUT2D eigenvalue weighted by atomic mass is 35.5. The molecule has 30 heavy (non-hydrogen) atoms. The van der Waals surface area contributed by atoms with Gasteiger partial charge in [-0.15, -0.1) is 0 Å². The standard InChI is InChI=1S/C23H21ClFN5/c1-16-2-5-18(24)14-21(16)28-10-12-29(13-11-28)23-22-15-20(27-30(22)9-8-26-23)17-3-6-19(25)7-4-17/h2-9,14-15H,10-13H2,1H3. The highest BCUT2D eigenvalue weighted by Crippen LogP contribution is 2.29. The van der Waals surface area contributed by atoms with Crippen LogP contribution in [0.2, 0.25) is 5.02 Å². The van der Waals surface area contributed by atoms with E-state index < -0.39 is 0 Å². The van der Waals surface area contributed by atoms with Gasteiger partial charge in [-0.3, -0.25) is 0 Å². The SMILES string of the molecule is Cc1ccc(Cl)cc1N1CCN(c2nccn3nc(-c4ccc(F)cc4)cc23)CC1. The molecule has 5 nitrogen and oxygen atoms in total. The van der Waals surface area contributed by atoms with Crippen LogP contribution in [0.1, 0.15) is 5.56 Å². The Kier molecular flexibility index (Phi) is 4.79. The highest BCUT2D eigenvalue weighted by molar-refractivity contribution is 6.30. The van der Waals surface area contributed by atoms with E-state index in [9.17, 15) is 4.39 Å². The van der Waals surface area contributed by atoms with Crippen LogP contribution in [-0.2, 0) is 0 Å². The molecule has 0 spiro atoms. The van der Waals surface area contributed by atoms with Crippen LogP contribution in [0.25, 0.3) is 16.8 Å². The van der Waals surface area contributed by atoms with Crippen molar-refractivity contribution in [3.05, 3.63) is 77.3 Å². The molecule has 0 aliphatic carbocycles. The van der Waals surface area contributed by atoms with Crippen molar-refractivity contribution < 1.29 is 4.39 Å². The number of nitrogens with zero attached hydrogens (tertiary/aromatic N) is 5. The van der Waals surface area contributed by atoms with Gasteiger partial charge < -0.3 is 9.80 Å². The molecule has 1 fully saturated rings. The zero-order chi connectivity index (χ0) is 20.7. The van der Waals surface area contributed by atoms with Crippen LogP contribution in [-0.4, -0.2) is 40.8 Å². The summed E-state index contributed by atoms with van der Waals surface area (Å²) in [6.07, 6.45) is 3.62. The minimum Gasteiger partial charge on any atom is -0.368 e. The molecule has 0 radical (unpaired) electrons. The van der Waals surface area contributed by atoms with E-state index in [4.69, 9.17) is 11.6 Å². The van der Waals surface area contributed by atoms with Crippen LogP contribution < -0.4 is 9.80 Å². The summed E-state index contributed by atoms with van der Waals surface area (Å²) in [6.45, 7) is 5.61. The number of aromatic nitrogens is 3. The van der Waals surface area contributed by atoms with Gasteiger partial charge in [-0.05, 0) is 55.0 Å². The predicted molar refractivity (Wildman–Crippen MR) is 119 cm³/mol. The fourth-order valence-corrected chi connectivity index (χ4v) is 4.16. The summed E-state index contributed by atoms with van der Waals surface area (Å²) in [5, 5.41) is 5.42. The van der Waals surface area contributed by atoms with Crippen molar-refractivity contribution in [3.8, 4) is 11.3 Å². The number of benzene rings is 2. The molecule has 0 N–H and O–H groups in total. The number of hydrogen-bond donors (Lipinski definition) is 0. The van der Waals surface area contributed by atoms with Gasteiger partial charge in [-0.2, -0.15) is 5.10 Å². The topological polar surface area (TPSA) is 36.7 Å². The molecule has 2 aromatic heterocycles. The number of hydrogen-bond acceptors (Lipinski definition) is 4. The van der Waals surface area contributed by atoms with Crippen LogP contribution in [0.4, 0.5) is 15.9 Å². The number of piperazine rings is 1. The Balaban J connectivity index is 1.40. The van der Waals surface area contributed by atoms with Gasteiger partial charge in [0.05, 0.1) is 5.69 Å². The van der Waals surface area contributed by atoms with E-state index in [0.717, 1.165) is 53.8 Å². The summed E-state index contributed by atoms with van der Waals surface area (Å²) in [5.41, 5.74) is 5.05. The van der Waals surface area contributed by atoms with Crippen LogP contribution in [0.15, 0.2) is 60.9 Å². The summed E-state index contributed by atoms with van der Waals surface area (Å²) in [5.74, 6) is 0.665. The molecular formula is C23H21ClFN5. The lowest BCUT2D eigenvalue weighted by atomic mass is 10.1. The fourth-order valence-electron chi connectivity index (χ4n) is 4.00. The van der Waals surface area contributed by atoms with Gasteiger partial charge in [0.1, 0.15) is 11.3 Å². The Labute approximate surface area is 179 Å². The number of aryl methyl sites for hydroxylation is 1. The Bertz CT molecular complexity index is 1200. The predicted octanol–water partition coefficient (Wildman–Crippen LogP) is 4.82. The Morgan fingerprint density at radius 2 is 1.67 bits per heavy atom. The van der Waals surface area contributed by atoms with Crippen molar-refractivity contribution in [3.63, 3.8) is 0 Å². The highest BCUT2D eigenvalue weighted by Gasteiger charge is 2.22. The van der Waals surface area contributed by atoms with Gasteiger partial charge in [0.15, 0.2) is 5.82 Å². The molecule has 0 amide bonds. The smallest absolute Gasteiger partial charge is 0.154 e. The van der Waals surface area contributed by atoms with Gasteiger partial charge >= 0.3 is 0 Å². The first-order valence-corrected chi connectivity index (χ1v) is 10.3. The maximum Gasteiger partial charge on any atom is 0.154 e. The summed E-state index contributed by atoms with van der Waals surface area (Å²) >= 11 is 6.21. The number of anilines is 2. The number of halogens is 2. The van der Waals surface area contributed by atoms with Crippen molar-refractivity contribution in [2.45, 2.75) is 6.92 Å². The van der Waals surface area contributed by atoms with E-state index in [-0.39, 0.29) is 5.82 Å². The van der Waals surface area contributed by atoms with Crippen LogP contribution in [0.3, 0.4) is 0 Å². The molecule has 3 heterocycles. The van der Waals surface area contributed by atoms with Crippen LogP contribution in [0.5, 0.6) is 0 Å². The summed E-state index contributed by atoms with van der Waals surface area (Å²) in [6, 6.07) is 14.5. The Hall–Kier alpha value is -3.12. The number of rotatable bonds is 3. The van der Waals surface area contributed by atoms with E-state index in [1.807, 2.05) is 28.9 Å². The summed E-state index contributed by atoms with van der Waals surface area (Å²) in [7, 11) is 0. The van der Waals surface area contributed by atoms with Crippen molar-refractivity contribution in [2.75, 3.05) is 36.0 Å². The van der Waals surface area contributed by atoms with Gasteiger partial charge in [-0.25, -0.2) is 13.9 Å². The van der Waals surface area contributed by atoms with Crippen molar-refractivity contribution in [1.29, 1.82) is 0 Å². The van der Waals surface area contributed by atoms with Gasteiger partial charge in [-0.1, -0.05) is 17.7 Å². The molecule has 0 atom stereocenters. The Morgan fingerprint density at radius 3 is 2.43 bits per heavy atom. The normalized spacial score (nSPS) is 14.5. The zero-order valence-electron chi connectivity index (χ0n) is 16.6. The molecule has 1 aliphatic rings. The first kappa shape index (κ1) is 18.9. The monoisotopic (exact) mass is 421 g/mol. The lowest BCUT2D eigenvalue weighted by Gasteiger charge is -2.37. The summed E-state index contributed by atoms with van der Waals surface area (Å²) in [4.78, 5) is 9.31. The molecule has 7 heteroatoms. The quantitative estimate of drug-likeness (QED) is 0.475. The van der Waals surface area contributed by atoms with Crippen LogP contribution >= 0.6 is 11.6 Å². The molecule has 1 aliphatic heterocycles. The molecule has 0 saturated carbocycles. The molecule has 4 aromatic rings. The Morgan fingerprint density at radius 1 is 0.933 bits per heavy atom. The molecule has 0 unspecified atom stereocenters. The molecule has 5 rings (SSSR count). The third-order valence-corrected chi connectivity index (χ3v) is 5.84. The minimum absolute atomic E-state index is 0.252. The summed E-state index contributed by atoms with van der Waals surface area (Å²) < 4.78 is 15.1. The second-order valence-corrected chi connectivity index (χ2v) is 7.96. The van der Waals surface area contributed by atoms with Crippen molar-refractivity contribution in [1.82, 2.24) is 14.6 Å². The molecular weight excluding hydrogens is 401 g/mol. The average Bonchev–Trinajstić information content (AvgIpc) is 3.20. The van der Waals surface area contributed by atoms with Crippen molar-refractivity contribution in [2.24, 2.45) is 0 Å². The van der Waals surface area contributed by atoms with Gasteiger partial charge in [0.25, 0.3) is 0 Å². The second kappa shape index (κ2) is 7.61. The van der Waals surface area contributed by atoms with Crippen LogP contribution in [0, 0.1) is 12.7 Å². The second-order valence-electron chi connectivity index (χ2n) is 7.52. The average molecular weight is 422 g/mol. The molecule has 1 saturated heterocycles. The van der Waals surface area contributed by atoms with E-state index in [1.54, 1.807) is 18.3 Å². The van der Waals surface area contributed by atoms with E-state index in [0.29, 0.717) is 0 Å². The van der Waals surface area contributed by atoms with Crippen molar-refractivity contribution >= 4 is 28.6 Å².